The van der Waals surface area contributed by atoms with Crippen molar-refractivity contribution < 1.29 is 25.3 Å². The molecular weight excluding hydrogens is 506 g/mol. The number of nitro benzene ring substituents is 1. The molecule has 0 radical (unpaired) electrons. The van der Waals surface area contributed by atoms with Gasteiger partial charge in [-0.2, -0.15) is 8.96 Å². The zero-order chi connectivity index (χ0) is 27.0. The molecule has 2 aromatic carbocycles. The Labute approximate surface area is 212 Å². The van der Waals surface area contributed by atoms with E-state index in [1.807, 2.05) is 13.8 Å². The number of non-ortho nitro benzene ring substituents is 1. The van der Waals surface area contributed by atoms with Crippen LogP contribution in [0.25, 0.3) is 22.6 Å². The largest absolute Gasteiger partial charge is 0.394 e. The predicted molar refractivity (Wildman–Crippen MR) is 134 cm³/mol. The number of nitro groups is 1. The second-order valence-corrected chi connectivity index (χ2v) is 9.48. The lowest BCUT2D eigenvalue weighted by molar-refractivity contribution is -0.384. The van der Waals surface area contributed by atoms with E-state index in [1.54, 1.807) is 12.1 Å². The Balaban J connectivity index is 1.89. The van der Waals surface area contributed by atoms with Crippen LogP contribution in [0.5, 0.6) is 0 Å². The molecule has 0 aliphatic carbocycles. The van der Waals surface area contributed by atoms with Gasteiger partial charge in [-0.15, -0.1) is 0 Å². The fraction of sp³-hybridized carbons (Fsp3) is 0.304. The van der Waals surface area contributed by atoms with Crippen molar-refractivity contribution in [2.45, 2.75) is 43.6 Å². The minimum Gasteiger partial charge on any atom is -0.394 e. The van der Waals surface area contributed by atoms with E-state index in [2.05, 4.69) is 9.97 Å². The van der Waals surface area contributed by atoms with Crippen LogP contribution in [-0.4, -0.2) is 68.8 Å². The molecule has 2 aliphatic heterocycles. The molecule has 0 amide bonds. The highest BCUT2D eigenvalue weighted by Crippen LogP contribution is 2.26. The van der Waals surface area contributed by atoms with Crippen LogP contribution in [0.2, 0.25) is 0 Å². The summed E-state index contributed by atoms with van der Waals surface area (Å²) < 4.78 is 2.14. The van der Waals surface area contributed by atoms with Gasteiger partial charge in [0.1, 0.15) is 18.3 Å². The lowest BCUT2D eigenvalue weighted by atomic mass is 10.1. The van der Waals surface area contributed by atoms with E-state index >= 15 is 0 Å². The molecule has 0 saturated carbocycles. The summed E-state index contributed by atoms with van der Waals surface area (Å²) in [5.41, 5.74) is 0.449. The highest BCUT2D eigenvalue weighted by Gasteiger charge is 2.28. The topological polar surface area (TPSA) is 194 Å². The van der Waals surface area contributed by atoms with Crippen molar-refractivity contribution >= 4 is 28.7 Å². The highest BCUT2D eigenvalue weighted by molar-refractivity contribution is 7.97. The van der Waals surface area contributed by atoms with Crippen LogP contribution in [0.3, 0.4) is 0 Å². The summed E-state index contributed by atoms with van der Waals surface area (Å²) in [6.45, 7) is 2.53. The molecule has 3 atom stereocenters. The van der Waals surface area contributed by atoms with Gasteiger partial charge >= 0.3 is 5.69 Å². The molecule has 2 aliphatic rings. The first-order valence-corrected chi connectivity index (χ1v) is 11.8. The van der Waals surface area contributed by atoms with Crippen LogP contribution >= 0.6 is 11.9 Å². The maximum absolute atomic E-state index is 13.4. The molecule has 0 unspecified atom stereocenters. The van der Waals surface area contributed by atoms with Gasteiger partial charge in [0.2, 0.25) is 0 Å². The highest BCUT2D eigenvalue weighted by atomic mass is 32.2. The first-order valence-electron chi connectivity index (χ1n) is 11.0. The van der Waals surface area contributed by atoms with E-state index < -0.39 is 41.1 Å². The third-order valence-electron chi connectivity index (χ3n) is 5.93. The van der Waals surface area contributed by atoms with Crippen molar-refractivity contribution in [2.75, 3.05) is 6.61 Å². The molecular formula is C23H23N5O8S. The van der Waals surface area contributed by atoms with Gasteiger partial charge in [-0.25, -0.2) is 9.78 Å². The van der Waals surface area contributed by atoms with Crippen molar-refractivity contribution in [1.82, 2.24) is 18.5 Å². The molecule has 13 nitrogen and oxygen atoms in total. The van der Waals surface area contributed by atoms with Gasteiger partial charge < -0.3 is 25.0 Å². The van der Waals surface area contributed by atoms with Crippen LogP contribution < -0.4 is 11.2 Å². The van der Waals surface area contributed by atoms with Gasteiger partial charge in [-0.05, 0) is 49.2 Å². The summed E-state index contributed by atoms with van der Waals surface area (Å²) in [4.78, 5) is 45.5. The molecule has 0 saturated heterocycles. The number of hydrogen-bond donors (Lipinski definition) is 4. The molecule has 0 aromatic heterocycles. The molecule has 0 fully saturated rings. The number of rotatable bonds is 8. The van der Waals surface area contributed by atoms with E-state index in [-0.39, 0.29) is 23.8 Å². The number of aliphatic hydroxyl groups excluding tert-OH is 4. The van der Waals surface area contributed by atoms with Gasteiger partial charge in [0.25, 0.3) is 11.2 Å². The average molecular weight is 530 g/mol. The molecule has 4 rings (SSSR count). The van der Waals surface area contributed by atoms with Gasteiger partial charge in [-0.3, -0.25) is 14.9 Å². The van der Waals surface area contributed by atoms with Crippen LogP contribution in [0.1, 0.15) is 11.1 Å². The number of benzene rings is 2. The minimum absolute atomic E-state index is 0.143. The van der Waals surface area contributed by atoms with E-state index in [4.69, 9.17) is 5.11 Å². The third kappa shape index (κ3) is 5.10. The van der Waals surface area contributed by atoms with Gasteiger partial charge in [-0.1, -0.05) is 0 Å². The fourth-order valence-corrected chi connectivity index (χ4v) is 4.50. The van der Waals surface area contributed by atoms with Crippen molar-refractivity contribution in [3.8, 4) is 11.5 Å². The number of aromatic nitrogens is 4. The Kier molecular flexibility index (Phi) is 7.38. The zero-order valence-corrected chi connectivity index (χ0v) is 20.5. The van der Waals surface area contributed by atoms with Crippen LogP contribution in [0, 0.1) is 24.0 Å². The number of aliphatic hydroxyl groups is 4. The van der Waals surface area contributed by atoms with Crippen molar-refractivity contribution in [3.63, 3.8) is 0 Å². The number of fused-ring (bicyclic) bond motifs is 2. The van der Waals surface area contributed by atoms with Crippen molar-refractivity contribution in [1.29, 1.82) is 0 Å². The molecule has 0 bridgehead atoms. The fourth-order valence-electron chi connectivity index (χ4n) is 3.74. The first-order chi connectivity index (χ1) is 17.5. The molecule has 2 aromatic rings. The predicted octanol–water partition coefficient (Wildman–Crippen LogP) is 0.213. The van der Waals surface area contributed by atoms with Crippen LogP contribution in [0.4, 0.5) is 5.69 Å². The summed E-state index contributed by atoms with van der Waals surface area (Å²) >= 11 is 0.726. The number of aryl methyl sites for hydroxylation is 2. The lowest BCUT2D eigenvalue weighted by Gasteiger charge is -2.25. The maximum atomic E-state index is 13.4. The van der Waals surface area contributed by atoms with Gasteiger partial charge in [0.05, 0.1) is 29.1 Å². The summed E-state index contributed by atoms with van der Waals surface area (Å²) in [5, 5.41) is 50.5. The summed E-state index contributed by atoms with van der Waals surface area (Å²) in [6.07, 6.45) is -4.92. The van der Waals surface area contributed by atoms with Crippen LogP contribution in [-0.2, 0) is 6.54 Å². The minimum atomic E-state index is -1.72. The third-order valence-corrected chi connectivity index (χ3v) is 6.92. The molecule has 2 heterocycles. The summed E-state index contributed by atoms with van der Waals surface area (Å²) in [5.74, 6) is -0.143. The molecule has 14 heteroatoms. The summed E-state index contributed by atoms with van der Waals surface area (Å²) in [7, 11) is 0. The Morgan fingerprint density at radius 2 is 1.68 bits per heavy atom. The molecule has 37 heavy (non-hydrogen) atoms. The maximum Gasteiger partial charge on any atom is 0.363 e. The second-order valence-electron chi connectivity index (χ2n) is 8.46. The zero-order valence-electron chi connectivity index (χ0n) is 19.7. The lowest BCUT2D eigenvalue weighted by Crippen LogP contribution is -2.42. The molecule has 194 valence electrons. The molecule has 4 N–H and O–H groups in total. The van der Waals surface area contributed by atoms with Crippen molar-refractivity contribution in [3.05, 3.63) is 78.5 Å². The molecule has 0 spiro atoms. The van der Waals surface area contributed by atoms with E-state index in [0.717, 1.165) is 27.0 Å². The quantitative estimate of drug-likeness (QED) is 0.138. The van der Waals surface area contributed by atoms with E-state index in [9.17, 15) is 35.0 Å². The van der Waals surface area contributed by atoms with Gasteiger partial charge in [0.15, 0.2) is 11.5 Å². The Morgan fingerprint density at radius 3 is 2.30 bits per heavy atom. The Hall–Kier alpha value is -3.69. The van der Waals surface area contributed by atoms with E-state index in [0.29, 0.717) is 15.9 Å². The Morgan fingerprint density at radius 1 is 1.03 bits per heavy atom. The van der Waals surface area contributed by atoms with Crippen LogP contribution in [0.15, 0.2) is 50.9 Å². The van der Waals surface area contributed by atoms with E-state index in [1.165, 1.54) is 28.8 Å². The number of hydrogen-bond acceptors (Lipinski definition) is 11. The SMILES string of the molecule is Cc1cc2nc3c(=O)n(Sc4ccc([N+](=O)[O-])cc4)c(=O)nc-3n(C[C@@H](O)[C@@H](O)[C@H](O)CO)c2cc1C. The first kappa shape index (κ1) is 26.4. The normalized spacial score (nSPS) is 14.1. The second kappa shape index (κ2) is 10.4. The smallest absolute Gasteiger partial charge is 0.363 e. The number of nitrogens with zero attached hydrogens (tertiary/aromatic N) is 5. The van der Waals surface area contributed by atoms with Gasteiger partial charge in [0, 0.05) is 29.0 Å². The standard InChI is InChI=1S/C23H23N5O8S/c1-11-7-15-16(8-12(11)2)26(9-17(30)20(32)18(31)10-29)21-19(24-15)22(33)27(23(34)25-21)37-14-5-3-13(4-6-14)28(35)36/h3-8,17-18,20,29-32H,9-10H2,1-2H3/t17-,18-,20-/m1/s1. The van der Waals surface area contributed by atoms with Crippen molar-refractivity contribution in [2.24, 2.45) is 0 Å². The monoisotopic (exact) mass is 529 g/mol. The average Bonchev–Trinajstić information content (AvgIpc) is 2.87. The summed E-state index contributed by atoms with van der Waals surface area (Å²) in [6, 6.07) is 8.73. The Bertz CT molecular complexity index is 1570.